The fourth-order valence-corrected chi connectivity index (χ4v) is 3.43. The molecule has 1 aromatic heterocycles. The highest BCUT2D eigenvalue weighted by Gasteiger charge is 2.28. The number of ketones is 1. The molecule has 140 valence electrons. The predicted octanol–water partition coefficient (Wildman–Crippen LogP) is 3.10. The SMILES string of the molecule is O=C(c1ccc(O)cc1)C1CCN(C(=O)c2ccc(NC3CC3)nc2)CC1. The van der Waals surface area contributed by atoms with E-state index in [2.05, 4.69) is 10.3 Å². The molecule has 0 spiro atoms. The number of nitrogens with one attached hydrogen (secondary N) is 1. The molecule has 0 unspecified atom stereocenters. The van der Waals surface area contributed by atoms with Gasteiger partial charge in [-0.1, -0.05) is 0 Å². The minimum Gasteiger partial charge on any atom is -0.508 e. The van der Waals surface area contributed by atoms with Gasteiger partial charge in [-0.25, -0.2) is 4.98 Å². The van der Waals surface area contributed by atoms with E-state index < -0.39 is 0 Å². The molecule has 0 atom stereocenters. The number of likely N-dealkylation sites (tertiary alicyclic amines) is 1. The number of pyridine rings is 1. The zero-order valence-corrected chi connectivity index (χ0v) is 15.1. The van der Waals surface area contributed by atoms with Crippen LogP contribution in [-0.4, -0.2) is 45.8 Å². The van der Waals surface area contributed by atoms with E-state index in [9.17, 15) is 14.7 Å². The first-order valence-electron chi connectivity index (χ1n) is 9.45. The van der Waals surface area contributed by atoms with Gasteiger partial charge in [0.2, 0.25) is 0 Å². The summed E-state index contributed by atoms with van der Waals surface area (Å²) < 4.78 is 0. The number of hydrogen-bond acceptors (Lipinski definition) is 5. The Morgan fingerprint density at radius 2 is 1.63 bits per heavy atom. The van der Waals surface area contributed by atoms with Crippen LogP contribution in [0.15, 0.2) is 42.6 Å². The molecule has 1 amide bonds. The molecule has 2 fully saturated rings. The molecule has 1 aliphatic carbocycles. The van der Waals surface area contributed by atoms with Crippen molar-refractivity contribution in [3.63, 3.8) is 0 Å². The average Bonchev–Trinajstić information content (AvgIpc) is 3.52. The number of aromatic nitrogens is 1. The Balaban J connectivity index is 1.33. The number of hydrogen-bond donors (Lipinski definition) is 2. The highest BCUT2D eigenvalue weighted by molar-refractivity contribution is 5.98. The summed E-state index contributed by atoms with van der Waals surface area (Å²) in [5.74, 6) is 0.934. The molecule has 0 radical (unpaired) electrons. The molecule has 2 aliphatic rings. The number of piperidine rings is 1. The Hall–Kier alpha value is -2.89. The van der Waals surface area contributed by atoms with Gasteiger partial charge in [0.1, 0.15) is 11.6 Å². The van der Waals surface area contributed by atoms with Crippen LogP contribution in [-0.2, 0) is 0 Å². The lowest BCUT2D eigenvalue weighted by molar-refractivity contribution is 0.0650. The number of nitrogens with zero attached hydrogens (tertiary/aromatic N) is 2. The number of aromatic hydroxyl groups is 1. The van der Waals surface area contributed by atoms with Crippen molar-refractivity contribution >= 4 is 17.5 Å². The topological polar surface area (TPSA) is 82.5 Å². The van der Waals surface area contributed by atoms with Gasteiger partial charge in [-0.3, -0.25) is 9.59 Å². The summed E-state index contributed by atoms with van der Waals surface area (Å²) in [5, 5.41) is 12.7. The van der Waals surface area contributed by atoms with E-state index in [1.807, 2.05) is 12.1 Å². The van der Waals surface area contributed by atoms with Gasteiger partial charge >= 0.3 is 0 Å². The van der Waals surface area contributed by atoms with Crippen molar-refractivity contribution in [1.29, 1.82) is 0 Å². The van der Waals surface area contributed by atoms with Crippen LogP contribution in [0.25, 0.3) is 0 Å². The molecule has 0 bridgehead atoms. The number of benzene rings is 1. The summed E-state index contributed by atoms with van der Waals surface area (Å²) in [5.41, 5.74) is 1.19. The normalized spacial score (nSPS) is 17.6. The van der Waals surface area contributed by atoms with Crippen LogP contribution in [0.2, 0.25) is 0 Å². The fraction of sp³-hybridized carbons (Fsp3) is 0.381. The Morgan fingerprint density at radius 3 is 2.22 bits per heavy atom. The fourth-order valence-electron chi connectivity index (χ4n) is 3.43. The first-order valence-corrected chi connectivity index (χ1v) is 9.45. The molecule has 2 heterocycles. The van der Waals surface area contributed by atoms with Gasteiger partial charge in [0, 0.05) is 36.8 Å². The summed E-state index contributed by atoms with van der Waals surface area (Å²) in [6, 6.07) is 10.6. The van der Waals surface area contributed by atoms with Crippen molar-refractivity contribution < 1.29 is 14.7 Å². The molecule has 4 rings (SSSR count). The van der Waals surface area contributed by atoms with E-state index in [1.54, 1.807) is 23.2 Å². The summed E-state index contributed by atoms with van der Waals surface area (Å²) in [4.78, 5) is 31.4. The highest BCUT2D eigenvalue weighted by Crippen LogP contribution is 2.25. The maximum atomic E-state index is 12.7. The monoisotopic (exact) mass is 365 g/mol. The summed E-state index contributed by atoms with van der Waals surface area (Å²) in [6.45, 7) is 1.13. The maximum Gasteiger partial charge on any atom is 0.255 e. The molecule has 1 aliphatic heterocycles. The number of amides is 1. The Morgan fingerprint density at radius 1 is 0.963 bits per heavy atom. The van der Waals surface area contributed by atoms with Gasteiger partial charge in [-0.15, -0.1) is 0 Å². The number of Topliss-reactive ketones (excluding diaryl/α,β-unsaturated/α-hetero) is 1. The lowest BCUT2D eigenvalue weighted by Crippen LogP contribution is -2.40. The molecule has 2 N–H and O–H groups in total. The molecule has 1 saturated heterocycles. The van der Waals surface area contributed by atoms with Crippen molar-refractivity contribution in [3.8, 4) is 5.75 Å². The molecular weight excluding hydrogens is 342 g/mol. The number of anilines is 1. The number of rotatable bonds is 5. The third-order valence-corrected chi connectivity index (χ3v) is 5.24. The van der Waals surface area contributed by atoms with E-state index in [0.717, 1.165) is 5.82 Å². The summed E-state index contributed by atoms with van der Waals surface area (Å²) >= 11 is 0. The van der Waals surface area contributed by atoms with E-state index in [1.165, 1.54) is 25.0 Å². The van der Waals surface area contributed by atoms with E-state index in [-0.39, 0.29) is 23.4 Å². The van der Waals surface area contributed by atoms with Crippen molar-refractivity contribution in [2.45, 2.75) is 31.7 Å². The Bertz CT molecular complexity index is 821. The van der Waals surface area contributed by atoms with E-state index >= 15 is 0 Å². The van der Waals surface area contributed by atoms with Gasteiger partial charge in [0.15, 0.2) is 5.78 Å². The Kier molecular flexibility index (Phi) is 4.79. The van der Waals surface area contributed by atoms with Crippen LogP contribution < -0.4 is 5.32 Å². The molecule has 6 heteroatoms. The van der Waals surface area contributed by atoms with Gasteiger partial charge in [0.25, 0.3) is 5.91 Å². The lowest BCUT2D eigenvalue weighted by Gasteiger charge is -2.31. The van der Waals surface area contributed by atoms with Crippen LogP contribution in [0.3, 0.4) is 0 Å². The van der Waals surface area contributed by atoms with Gasteiger partial charge in [0.05, 0.1) is 5.56 Å². The highest BCUT2D eigenvalue weighted by atomic mass is 16.3. The summed E-state index contributed by atoms with van der Waals surface area (Å²) in [6.07, 6.45) is 5.29. The first kappa shape index (κ1) is 17.5. The second kappa shape index (κ2) is 7.39. The quantitative estimate of drug-likeness (QED) is 0.796. The second-order valence-electron chi connectivity index (χ2n) is 7.33. The predicted molar refractivity (Wildman–Crippen MR) is 102 cm³/mol. The van der Waals surface area contributed by atoms with Crippen molar-refractivity contribution in [2.24, 2.45) is 5.92 Å². The zero-order chi connectivity index (χ0) is 18.8. The van der Waals surface area contributed by atoms with Crippen LogP contribution in [0.1, 0.15) is 46.4 Å². The minimum atomic E-state index is -0.0816. The van der Waals surface area contributed by atoms with Gasteiger partial charge < -0.3 is 15.3 Å². The van der Waals surface area contributed by atoms with E-state index in [0.29, 0.717) is 43.1 Å². The van der Waals surface area contributed by atoms with Crippen LogP contribution in [0.4, 0.5) is 5.82 Å². The van der Waals surface area contributed by atoms with Crippen molar-refractivity contribution in [3.05, 3.63) is 53.7 Å². The second-order valence-corrected chi connectivity index (χ2v) is 7.33. The smallest absolute Gasteiger partial charge is 0.255 e. The molecule has 1 saturated carbocycles. The van der Waals surface area contributed by atoms with E-state index in [4.69, 9.17) is 0 Å². The number of phenolic OH excluding ortho intramolecular Hbond substituents is 1. The minimum absolute atomic E-state index is 0.0315. The third kappa shape index (κ3) is 4.10. The first-order chi connectivity index (χ1) is 13.1. The molecular formula is C21H23N3O3. The number of phenols is 1. The van der Waals surface area contributed by atoms with Crippen LogP contribution >= 0.6 is 0 Å². The van der Waals surface area contributed by atoms with Crippen LogP contribution in [0, 0.1) is 5.92 Å². The zero-order valence-electron chi connectivity index (χ0n) is 15.1. The lowest BCUT2D eigenvalue weighted by atomic mass is 9.88. The van der Waals surface area contributed by atoms with Gasteiger partial charge in [-0.2, -0.15) is 0 Å². The Labute approximate surface area is 158 Å². The maximum absolute atomic E-state index is 12.7. The average molecular weight is 365 g/mol. The molecule has 6 nitrogen and oxygen atoms in total. The molecule has 1 aromatic carbocycles. The number of carbonyl (C=O) groups is 2. The number of carbonyl (C=O) groups excluding carboxylic acids is 2. The molecule has 2 aromatic rings. The third-order valence-electron chi connectivity index (χ3n) is 5.24. The standard InChI is InChI=1S/C21H23N3O3/c25-18-6-1-14(2-7-18)20(26)15-9-11-24(12-10-15)21(27)16-3-8-19(22-13-16)23-17-4-5-17/h1-3,6-8,13,15,17,25H,4-5,9-12H2,(H,22,23). The van der Waals surface area contributed by atoms with Gasteiger partial charge in [-0.05, 0) is 62.1 Å². The summed E-state index contributed by atoms with van der Waals surface area (Å²) in [7, 11) is 0. The molecule has 27 heavy (non-hydrogen) atoms. The van der Waals surface area contributed by atoms with Crippen molar-refractivity contribution in [1.82, 2.24) is 9.88 Å². The van der Waals surface area contributed by atoms with Crippen molar-refractivity contribution in [2.75, 3.05) is 18.4 Å². The van der Waals surface area contributed by atoms with Crippen LogP contribution in [0.5, 0.6) is 5.75 Å². The largest absolute Gasteiger partial charge is 0.508 e.